The van der Waals surface area contributed by atoms with E-state index in [1.165, 1.54) is 12.3 Å². The van der Waals surface area contributed by atoms with Crippen molar-refractivity contribution in [3.8, 4) is 34.1 Å². The largest absolute Gasteiger partial charge is 0.497 e. The molecule has 0 atom stereocenters. The number of esters is 1. The molecule has 1 aliphatic rings. The van der Waals surface area contributed by atoms with Crippen molar-refractivity contribution in [3.05, 3.63) is 82.7 Å². The standard InChI is InChI=1S/C25H18O7/c1-28-17-5-2-15(3-6-17)25(27)32-18-7-8-19-22(13-18)31-14-20(24(19)26)16-4-9-21-23(12-16)30-11-10-29-21/h2-9,12-14H,10-11H2,1H3. The van der Waals surface area contributed by atoms with Gasteiger partial charge in [0.15, 0.2) is 16.9 Å². The molecule has 0 fully saturated rings. The van der Waals surface area contributed by atoms with Gasteiger partial charge in [-0.3, -0.25) is 4.79 Å². The topological polar surface area (TPSA) is 84.2 Å². The van der Waals surface area contributed by atoms with Gasteiger partial charge in [0.2, 0.25) is 0 Å². The molecule has 0 N–H and O–H groups in total. The monoisotopic (exact) mass is 430 g/mol. The molecule has 0 amide bonds. The normalized spacial score (nSPS) is 12.4. The number of benzene rings is 3. The summed E-state index contributed by atoms with van der Waals surface area (Å²) in [6, 6.07) is 16.6. The van der Waals surface area contributed by atoms with E-state index in [2.05, 4.69) is 0 Å². The van der Waals surface area contributed by atoms with Crippen molar-refractivity contribution < 1.29 is 28.2 Å². The van der Waals surface area contributed by atoms with E-state index in [9.17, 15) is 9.59 Å². The molecule has 0 saturated heterocycles. The molecule has 3 aromatic carbocycles. The minimum Gasteiger partial charge on any atom is -0.497 e. The highest BCUT2D eigenvalue weighted by molar-refractivity contribution is 5.92. The van der Waals surface area contributed by atoms with Crippen LogP contribution in [0.5, 0.6) is 23.0 Å². The van der Waals surface area contributed by atoms with Gasteiger partial charge in [-0.15, -0.1) is 0 Å². The third kappa shape index (κ3) is 3.65. The van der Waals surface area contributed by atoms with Crippen LogP contribution in [0.15, 0.2) is 76.1 Å². The Bertz CT molecular complexity index is 1370. The van der Waals surface area contributed by atoms with Crippen LogP contribution in [0.3, 0.4) is 0 Å². The fourth-order valence-electron chi connectivity index (χ4n) is 3.48. The van der Waals surface area contributed by atoms with Gasteiger partial charge in [0.25, 0.3) is 0 Å². The molecule has 4 aromatic rings. The fourth-order valence-corrected chi connectivity index (χ4v) is 3.48. The molecule has 0 unspecified atom stereocenters. The highest BCUT2D eigenvalue weighted by atomic mass is 16.6. The van der Waals surface area contributed by atoms with E-state index in [1.54, 1.807) is 61.7 Å². The van der Waals surface area contributed by atoms with Crippen LogP contribution in [0.1, 0.15) is 10.4 Å². The summed E-state index contributed by atoms with van der Waals surface area (Å²) in [6.07, 6.45) is 1.39. The summed E-state index contributed by atoms with van der Waals surface area (Å²) in [5.41, 5.74) is 1.56. The van der Waals surface area contributed by atoms with Crippen LogP contribution in [-0.4, -0.2) is 26.3 Å². The molecule has 7 heteroatoms. The maximum absolute atomic E-state index is 13.1. The Morgan fingerprint density at radius 1 is 0.875 bits per heavy atom. The van der Waals surface area contributed by atoms with Crippen molar-refractivity contribution in [1.82, 2.24) is 0 Å². The Hall–Kier alpha value is -4.26. The van der Waals surface area contributed by atoms with Crippen molar-refractivity contribution in [3.63, 3.8) is 0 Å². The number of carbonyl (C=O) groups is 1. The first-order valence-electron chi connectivity index (χ1n) is 9.94. The highest BCUT2D eigenvalue weighted by Gasteiger charge is 2.16. The van der Waals surface area contributed by atoms with Crippen molar-refractivity contribution in [2.24, 2.45) is 0 Å². The molecule has 0 aliphatic carbocycles. The average molecular weight is 430 g/mol. The molecule has 32 heavy (non-hydrogen) atoms. The van der Waals surface area contributed by atoms with Gasteiger partial charge >= 0.3 is 5.97 Å². The molecule has 0 spiro atoms. The first kappa shape index (κ1) is 19.7. The van der Waals surface area contributed by atoms with E-state index in [4.69, 9.17) is 23.4 Å². The van der Waals surface area contributed by atoms with Gasteiger partial charge in [0.1, 0.15) is 36.6 Å². The number of hydrogen-bond acceptors (Lipinski definition) is 7. The van der Waals surface area contributed by atoms with E-state index in [1.807, 2.05) is 0 Å². The smallest absolute Gasteiger partial charge is 0.343 e. The summed E-state index contributed by atoms with van der Waals surface area (Å²) in [4.78, 5) is 25.5. The SMILES string of the molecule is COc1ccc(C(=O)Oc2ccc3c(=O)c(-c4ccc5c(c4)OCCO5)coc3c2)cc1. The maximum atomic E-state index is 13.1. The lowest BCUT2D eigenvalue weighted by atomic mass is 10.0. The van der Waals surface area contributed by atoms with E-state index in [0.717, 1.165) is 0 Å². The first-order chi connectivity index (χ1) is 15.6. The Kier molecular flexibility index (Phi) is 4.99. The van der Waals surface area contributed by atoms with Gasteiger partial charge in [-0.05, 0) is 54.1 Å². The summed E-state index contributed by atoms with van der Waals surface area (Å²) in [5.74, 6) is 1.63. The molecule has 5 rings (SSSR count). The minimum atomic E-state index is -0.526. The van der Waals surface area contributed by atoms with Crippen molar-refractivity contribution >= 4 is 16.9 Å². The third-order valence-electron chi connectivity index (χ3n) is 5.14. The van der Waals surface area contributed by atoms with Crippen molar-refractivity contribution in [2.75, 3.05) is 20.3 Å². The third-order valence-corrected chi connectivity index (χ3v) is 5.14. The molecule has 1 aliphatic heterocycles. The molecule has 7 nitrogen and oxygen atoms in total. The number of rotatable bonds is 4. The lowest BCUT2D eigenvalue weighted by Crippen LogP contribution is -2.15. The molecule has 2 heterocycles. The van der Waals surface area contributed by atoms with Crippen LogP contribution in [0.4, 0.5) is 0 Å². The van der Waals surface area contributed by atoms with Crippen LogP contribution >= 0.6 is 0 Å². The van der Waals surface area contributed by atoms with Gasteiger partial charge in [-0.25, -0.2) is 4.79 Å². The maximum Gasteiger partial charge on any atom is 0.343 e. The summed E-state index contributed by atoms with van der Waals surface area (Å²) in [6.45, 7) is 0.955. The molecule has 160 valence electrons. The number of hydrogen-bond donors (Lipinski definition) is 0. The number of ether oxygens (including phenoxy) is 4. The van der Waals surface area contributed by atoms with Crippen LogP contribution < -0.4 is 24.4 Å². The highest BCUT2D eigenvalue weighted by Crippen LogP contribution is 2.34. The summed E-state index contributed by atoms with van der Waals surface area (Å²) in [7, 11) is 1.55. The second kappa shape index (κ2) is 8.11. The summed E-state index contributed by atoms with van der Waals surface area (Å²) >= 11 is 0. The predicted octanol–water partition coefficient (Wildman–Crippen LogP) is 4.46. The zero-order valence-electron chi connectivity index (χ0n) is 17.1. The Morgan fingerprint density at radius 2 is 1.62 bits per heavy atom. The fraction of sp³-hybridized carbons (Fsp3) is 0.120. The Balaban J connectivity index is 1.43. The summed E-state index contributed by atoms with van der Waals surface area (Å²) in [5, 5.41) is 0.377. The van der Waals surface area contributed by atoms with E-state index in [-0.39, 0.29) is 11.2 Å². The lowest BCUT2D eigenvalue weighted by molar-refractivity contribution is 0.0735. The molecular weight excluding hydrogens is 412 g/mol. The Labute approximate surface area is 182 Å². The van der Waals surface area contributed by atoms with Crippen LogP contribution in [0, 0.1) is 0 Å². The number of carbonyl (C=O) groups excluding carboxylic acids is 1. The second-order valence-corrected chi connectivity index (χ2v) is 7.11. The lowest BCUT2D eigenvalue weighted by Gasteiger charge is -2.18. The van der Waals surface area contributed by atoms with Gasteiger partial charge in [-0.1, -0.05) is 6.07 Å². The minimum absolute atomic E-state index is 0.198. The van der Waals surface area contributed by atoms with Gasteiger partial charge in [0, 0.05) is 6.07 Å². The van der Waals surface area contributed by atoms with Crippen molar-refractivity contribution in [2.45, 2.75) is 0 Å². The molecular formula is C25H18O7. The average Bonchev–Trinajstić information content (AvgIpc) is 2.84. The number of fused-ring (bicyclic) bond motifs is 2. The van der Waals surface area contributed by atoms with Crippen molar-refractivity contribution in [1.29, 1.82) is 0 Å². The number of methoxy groups -OCH3 is 1. The van der Waals surface area contributed by atoms with Crippen LogP contribution in [0.2, 0.25) is 0 Å². The quantitative estimate of drug-likeness (QED) is 0.349. The predicted molar refractivity (Wildman–Crippen MR) is 117 cm³/mol. The summed E-state index contributed by atoms with van der Waals surface area (Å²) < 4.78 is 27.3. The van der Waals surface area contributed by atoms with Crippen LogP contribution in [0.25, 0.3) is 22.1 Å². The van der Waals surface area contributed by atoms with Gasteiger partial charge < -0.3 is 23.4 Å². The zero-order chi connectivity index (χ0) is 22.1. The van der Waals surface area contributed by atoms with E-state index >= 15 is 0 Å². The van der Waals surface area contributed by atoms with Gasteiger partial charge in [0.05, 0.1) is 23.6 Å². The first-order valence-corrected chi connectivity index (χ1v) is 9.94. The molecule has 0 radical (unpaired) electrons. The van der Waals surface area contributed by atoms with E-state index in [0.29, 0.717) is 58.1 Å². The molecule has 1 aromatic heterocycles. The van der Waals surface area contributed by atoms with Crippen LogP contribution in [-0.2, 0) is 0 Å². The molecule has 0 bridgehead atoms. The van der Waals surface area contributed by atoms with Gasteiger partial charge in [-0.2, -0.15) is 0 Å². The van der Waals surface area contributed by atoms with E-state index < -0.39 is 5.97 Å². The Morgan fingerprint density at radius 3 is 2.41 bits per heavy atom. The zero-order valence-corrected chi connectivity index (χ0v) is 17.1. The molecule has 0 saturated carbocycles. The second-order valence-electron chi connectivity index (χ2n) is 7.11.